The first-order chi connectivity index (χ1) is 9.07. The molecule has 2 rings (SSSR count). The highest BCUT2D eigenvalue weighted by atomic mass is 35.5. The third-order valence-electron chi connectivity index (χ3n) is 3.93. The number of nitrogens with one attached hydrogen (secondary N) is 1. The Hall–Kier alpha value is -0.420. The van der Waals surface area contributed by atoms with Crippen LogP contribution in [-0.4, -0.2) is 11.7 Å². The summed E-state index contributed by atoms with van der Waals surface area (Å²) in [5, 5.41) is 8.07. The van der Waals surface area contributed by atoms with Crippen molar-refractivity contribution in [2.75, 3.05) is 11.4 Å². The molecule has 1 saturated carbocycles. The number of benzene rings is 1. The molecule has 0 atom stereocenters. The molecule has 0 aromatic heterocycles. The maximum absolute atomic E-state index is 7.78. The molecular weight excluding hydrogens is 325 g/mol. The number of hydrogen-bond acceptors (Lipinski definition) is 2. The predicted molar refractivity (Wildman–Crippen MR) is 99.6 cm³/mol. The number of nitrogens with two attached hydrogens (primary N) is 1. The summed E-state index contributed by atoms with van der Waals surface area (Å²) in [4.78, 5) is 1.92. The Balaban J connectivity index is 0.00000200. The second-order valence-corrected chi connectivity index (χ2v) is 5.81. The highest BCUT2D eigenvalue weighted by Gasteiger charge is 2.31. The highest BCUT2D eigenvalue weighted by Crippen LogP contribution is 2.37. The Morgan fingerprint density at radius 1 is 1.33 bits per heavy atom. The molecule has 1 aromatic carbocycles. The molecule has 1 fully saturated rings. The Morgan fingerprint density at radius 2 is 1.95 bits per heavy atom. The molecule has 3 nitrogen and oxygen atoms in total. The number of hydrogen-bond donors (Lipinski definition) is 3. The number of amidine groups is 1. The minimum atomic E-state index is -0.174. The lowest BCUT2D eigenvalue weighted by atomic mass is 9.89. The van der Waals surface area contributed by atoms with Crippen LogP contribution >= 0.6 is 37.4 Å². The minimum Gasteiger partial charge on any atom is -0.322 e. The van der Waals surface area contributed by atoms with Crippen molar-refractivity contribution in [3.63, 3.8) is 0 Å². The molecule has 1 aliphatic rings. The smallest absolute Gasteiger partial charge is 0.157 e. The van der Waals surface area contributed by atoms with Crippen molar-refractivity contribution in [1.82, 2.24) is 0 Å². The average Bonchev–Trinajstić information content (AvgIpc) is 2.84. The molecular formula is C15H25Cl2N3S. The van der Waals surface area contributed by atoms with E-state index in [1.807, 2.05) is 17.0 Å². The van der Waals surface area contributed by atoms with E-state index in [2.05, 4.69) is 31.7 Å². The molecule has 0 saturated heterocycles. The van der Waals surface area contributed by atoms with Gasteiger partial charge in [-0.25, -0.2) is 0 Å². The molecule has 1 aliphatic carbocycles. The van der Waals surface area contributed by atoms with Crippen LogP contribution in [0.4, 0.5) is 5.69 Å². The van der Waals surface area contributed by atoms with Gasteiger partial charge in [0.1, 0.15) is 0 Å². The van der Waals surface area contributed by atoms with Crippen LogP contribution in [0, 0.1) is 5.41 Å². The molecule has 0 bridgehead atoms. The Kier molecular flexibility index (Phi) is 8.71. The first-order valence-electron chi connectivity index (χ1n) is 7.01. The van der Waals surface area contributed by atoms with Gasteiger partial charge in [-0.1, -0.05) is 31.9 Å². The van der Waals surface area contributed by atoms with E-state index in [-0.39, 0.29) is 35.5 Å². The number of halogens is 2. The van der Waals surface area contributed by atoms with Crippen molar-refractivity contribution in [1.29, 1.82) is 5.41 Å². The van der Waals surface area contributed by atoms with Gasteiger partial charge in [0.2, 0.25) is 0 Å². The molecule has 0 unspecified atom stereocenters. The van der Waals surface area contributed by atoms with Gasteiger partial charge in [-0.05, 0) is 37.0 Å². The molecule has 3 N–H and O–H groups in total. The molecule has 21 heavy (non-hydrogen) atoms. The van der Waals surface area contributed by atoms with Crippen LogP contribution in [0.5, 0.6) is 0 Å². The standard InChI is InChI=1S/C15H23N3S.2ClH/c1-2-10-18(14(16)19)13-7-5-6-12(11-13)15(17)8-3-4-9-15;;/h5-7,11H,2-4,8-10,17H2,1H3,(H2,16,19);2*1H. The summed E-state index contributed by atoms with van der Waals surface area (Å²) in [5.74, 6) is 0. The van der Waals surface area contributed by atoms with Gasteiger partial charge >= 0.3 is 0 Å². The number of nitrogens with zero attached hydrogens (tertiary/aromatic N) is 1. The van der Waals surface area contributed by atoms with Crippen LogP contribution in [0.25, 0.3) is 0 Å². The first-order valence-corrected chi connectivity index (χ1v) is 7.46. The Labute approximate surface area is 145 Å². The summed E-state index contributed by atoms with van der Waals surface area (Å²) in [6.45, 7) is 2.92. The largest absolute Gasteiger partial charge is 0.322 e. The van der Waals surface area contributed by atoms with Gasteiger partial charge in [0, 0.05) is 17.8 Å². The normalized spacial score (nSPS) is 15.8. The zero-order valence-corrected chi connectivity index (χ0v) is 14.9. The van der Waals surface area contributed by atoms with E-state index in [1.165, 1.54) is 18.4 Å². The molecule has 6 heteroatoms. The third kappa shape index (κ3) is 4.78. The predicted octanol–water partition coefficient (Wildman–Crippen LogP) is 4.34. The van der Waals surface area contributed by atoms with Crippen LogP contribution in [-0.2, 0) is 5.54 Å². The number of rotatable bonds is 4. The van der Waals surface area contributed by atoms with E-state index < -0.39 is 0 Å². The maximum atomic E-state index is 7.78. The maximum Gasteiger partial charge on any atom is 0.157 e. The molecule has 0 aliphatic heterocycles. The van der Waals surface area contributed by atoms with Crippen molar-refractivity contribution in [3.05, 3.63) is 29.8 Å². The fraction of sp³-hybridized carbons (Fsp3) is 0.533. The van der Waals surface area contributed by atoms with Crippen molar-refractivity contribution in [2.24, 2.45) is 5.73 Å². The van der Waals surface area contributed by atoms with Gasteiger partial charge in [-0.2, -0.15) is 0 Å². The Morgan fingerprint density at radius 3 is 2.48 bits per heavy atom. The van der Waals surface area contributed by atoms with Gasteiger partial charge in [-0.15, -0.1) is 37.4 Å². The zero-order valence-electron chi connectivity index (χ0n) is 12.3. The summed E-state index contributed by atoms with van der Waals surface area (Å²) in [5.41, 5.74) is 8.55. The average molecular weight is 350 g/mol. The van der Waals surface area contributed by atoms with Crippen LogP contribution < -0.4 is 10.6 Å². The van der Waals surface area contributed by atoms with Crippen molar-refractivity contribution in [2.45, 2.75) is 44.6 Å². The third-order valence-corrected chi connectivity index (χ3v) is 4.17. The minimum absolute atomic E-state index is 0. The summed E-state index contributed by atoms with van der Waals surface area (Å²) < 4.78 is 0. The molecule has 0 spiro atoms. The second-order valence-electron chi connectivity index (χ2n) is 5.39. The molecule has 0 radical (unpaired) electrons. The molecule has 0 amide bonds. The van der Waals surface area contributed by atoms with Gasteiger partial charge < -0.3 is 10.6 Å². The summed E-state index contributed by atoms with van der Waals surface area (Å²) in [7, 11) is 0. The molecule has 1 aromatic rings. The summed E-state index contributed by atoms with van der Waals surface area (Å²) in [6, 6.07) is 8.31. The van der Waals surface area contributed by atoms with E-state index in [9.17, 15) is 0 Å². The van der Waals surface area contributed by atoms with Gasteiger partial charge in [0.25, 0.3) is 0 Å². The fourth-order valence-corrected chi connectivity index (χ4v) is 3.07. The Bertz CT molecular complexity index is 462. The quantitative estimate of drug-likeness (QED) is 0.430. The lowest BCUT2D eigenvalue weighted by molar-refractivity contribution is 0.462. The first kappa shape index (κ1) is 20.6. The van der Waals surface area contributed by atoms with E-state index in [4.69, 9.17) is 11.1 Å². The van der Waals surface area contributed by atoms with E-state index in [1.54, 1.807) is 0 Å². The van der Waals surface area contributed by atoms with Gasteiger partial charge in [0.15, 0.2) is 5.17 Å². The summed E-state index contributed by atoms with van der Waals surface area (Å²) >= 11 is 4.18. The lowest BCUT2D eigenvalue weighted by Gasteiger charge is -2.27. The van der Waals surface area contributed by atoms with Crippen LogP contribution in [0.3, 0.4) is 0 Å². The fourth-order valence-electron chi connectivity index (χ4n) is 2.86. The second kappa shape index (κ2) is 8.89. The van der Waals surface area contributed by atoms with Crippen LogP contribution in [0.2, 0.25) is 0 Å². The number of thiol groups is 1. The van der Waals surface area contributed by atoms with Gasteiger partial charge in [0.05, 0.1) is 0 Å². The van der Waals surface area contributed by atoms with Crippen molar-refractivity contribution < 1.29 is 0 Å². The lowest BCUT2D eigenvalue weighted by Crippen LogP contribution is -2.34. The number of anilines is 1. The van der Waals surface area contributed by atoms with Crippen LogP contribution in [0.1, 0.15) is 44.6 Å². The zero-order chi connectivity index (χ0) is 13.9. The molecule has 120 valence electrons. The highest BCUT2D eigenvalue weighted by molar-refractivity contribution is 7.97. The van der Waals surface area contributed by atoms with E-state index in [0.717, 1.165) is 31.5 Å². The van der Waals surface area contributed by atoms with Crippen LogP contribution in [0.15, 0.2) is 24.3 Å². The SMILES string of the molecule is CCCN(C(=N)S)c1cccc(C2(N)CCCC2)c1.Cl.Cl. The van der Waals surface area contributed by atoms with E-state index in [0.29, 0.717) is 0 Å². The monoisotopic (exact) mass is 349 g/mol. The topological polar surface area (TPSA) is 53.1 Å². The van der Waals surface area contributed by atoms with Gasteiger partial charge in [-0.3, -0.25) is 5.41 Å². The molecule has 0 heterocycles. The van der Waals surface area contributed by atoms with Crippen molar-refractivity contribution in [3.8, 4) is 0 Å². The van der Waals surface area contributed by atoms with Crippen molar-refractivity contribution >= 4 is 48.3 Å². The summed E-state index contributed by atoms with van der Waals surface area (Å²) in [6.07, 6.45) is 5.52. The van der Waals surface area contributed by atoms with E-state index >= 15 is 0 Å².